The lowest BCUT2D eigenvalue weighted by atomic mass is 9.97. The van der Waals surface area contributed by atoms with Crippen LogP contribution in [0, 0.1) is 13.8 Å². The Morgan fingerprint density at radius 3 is 2.78 bits per heavy atom. The van der Waals surface area contributed by atoms with Gasteiger partial charge in [-0.1, -0.05) is 12.1 Å². The lowest BCUT2D eigenvalue weighted by molar-refractivity contribution is -0.131. The fraction of sp³-hybridized carbons (Fsp3) is 0.412. The number of aromatic nitrogens is 2. The van der Waals surface area contributed by atoms with Crippen molar-refractivity contribution in [1.82, 2.24) is 14.9 Å². The predicted octanol–water partition coefficient (Wildman–Crippen LogP) is 1.07. The van der Waals surface area contributed by atoms with Crippen LogP contribution in [0.25, 0.3) is 10.9 Å². The third kappa shape index (κ3) is 2.70. The first-order chi connectivity index (χ1) is 11.0. The Kier molecular flexibility index (Phi) is 4.09. The van der Waals surface area contributed by atoms with Crippen LogP contribution >= 0.6 is 0 Å². The van der Waals surface area contributed by atoms with Crippen molar-refractivity contribution < 1.29 is 9.59 Å². The van der Waals surface area contributed by atoms with Crippen molar-refractivity contribution in [2.45, 2.75) is 38.8 Å². The average Bonchev–Trinajstić information content (AvgIpc) is 2.54. The van der Waals surface area contributed by atoms with Gasteiger partial charge in [0.1, 0.15) is 5.82 Å². The molecule has 6 nitrogen and oxygen atoms in total. The molecule has 1 aromatic carbocycles. The zero-order valence-electron chi connectivity index (χ0n) is 13.2. The van der Waals surface area contributed by atoms with Crippen molar-refractivity contribution in [3.8, 4) is 0 Å². The molecule has 2 heterocycles. The highest BCUT2D eigenvalue weighted by Crippen LogP contribution is 2.21. The molecule has 0 aliphatic carbocycles. The van der Waals surface area contributed by atoms with E-state index in [2.05, 4.69) is 10.3 Å². The highest BCUT2D eigenvalue weighted by atomic mass is 16.2. The quantitative estimate of drug-likeness (QED) is 0.677. The number of hydrogen-bond acceptors (Lipinski definition) is 5. The number of aryl methyl sites for hydroxylation is 2. The third-order valence-electron chi connectivity index (χ3n) is 4.53. The van der Waals surface area contributed by atoms with Gasteiger partial charge in [0.25, 0.3) is 5.56 Å². The number of ketones is 1. The Labute approximate surface area is 133 Å². The average molecular weight is 313 g/mol. The highest BCUT2D eigenvalue weighted by molar-refractivity contribution is 6.27. The third-order valence-corrected chi connectivity index (χ3v) is 4.53. The van der Waals surface area contributed by atoms with Crippen molar-refractivity contribution >= 4 is 23.0 Å². The smallest absolute Gasteiger partial charge is 0.261 e. The van der Waals surface area contributed by atoms with Gasteiger partial charge in [0.05, 0.1) is 23.0 Å². The van der Waals surface area contributed by atoms with E-state index in [0.29, 0.717) is 42.4 Å². The van der Waals surface area contributed by atoms with Crippen molar-refractivity contribution in [3.63, 3.8) is 0 Å². The molecule has 23 heavy (non-hydrogen) atoms. The van der Waals surface area contributed by atoms with Crippen LogP contribution < -0.4 is 10.9 Å². The van der Waals surface area contributed by atoms with Crippen LogP contribution in [0.4, 0.5) is 0 Å². The van der Waals surface area contributed by atoms with Crippen LogP contribution in [0.15, 0.2) is 23.0 Å². The Bertz CT molecular complexity index is 833. The van der Waals surface area contributed by atoms with Crippen LogP contribution in [0.1, 0.15) is 30.3 Å². The second-order valence-corrected chi connectivity index (χ2v) is 6.02. The summed E-state index contributed by atoms with van der Waals surface area (Å²) in [5.74, 6) is 0.236. The molecule has 1 aromatic heterocycles. The normalized spacial score (nSPS) is 21.3. The highest BCUT2D eigenvalue weighted by Gasteiger charge is 2.28. The Morgan fingerprint density at radius 2 is 2.13 bits per heavy atom. The largest absolute Gasteiger partial charge is 0.305 e. The zero-order valence-corrected chi connectivity index (χ0v) is 13.2. The first kappa shape index (κ1) is 15.6. The number of carbonyl (C=O) groups is 2. The number of nitrogens with one attached hydrogen (secondary N) is 1. The second-order valence-electron chi connectivity index (χ2n) is 6.02. The van der Waals surface area contributed by atoms with Gasteiger partial charge in [0, 0.05) is 6.54 Å². The molecule has 0 radical (unpaired) electrons. The van der Waals surface area contributed by atoms with Crippen LogP contribution in [0.5, 0.6) is 0 Å². The fourth-order valence-electron chi connectivity index (χ4n) is 3.34. The second kappa shape index (κ2) is 6.04. The number of Topliss-reactive ketones (excluding diaryl/α,β-unsaturated/α-hetero) is 1. The summed E-state index contributed by atoms with van der Waals surface area (Å²) >= 11 is 0. The van der Waals surface area contributed by atoms with Gasteiger partial charge in [0.15, 0.2) is 6.29 Å². The molecule has 0 bridgehead atoms. The Morgan fingerprint density at radius 1 is 1.35 bits per heavy atom. The van der Waals surface area contributed by atoms with E-state index in [1.807, 2.05) is 32.0 Å². The van der Waals surface area contributed by atoms with Crippen LogP contribution in [0.2, 0.25) is 0 Å². The number of piperidine rings is 1. The summed E-state index contributed by atoms with van der Waals surface area (Å²) in [6, 6.07) is 5.15. The van der Waals surface area contributed by atoms with E-state index in [1.165, 1.54) is 0 Å². The topological polar surface area (TPSA) is 81.1 Å². The molecule has 1 saturated heterocycles. The number of benzene rings is 1. The maximum atomic E-state index is 12.9. The number of carbonyl (C=O) groups excluding carboxylic acids is 2. The van der Waals surface area contributed by atoms with E-state index >= 15 is 0 Å². The summed E-state index contributed by atoms with van der Waals surface area (Å²) in [4.78, 5) is 39.5. The van der Waals surface area contributed by atoms with Gasteiger partial charge in [-0.2, -0.15) is 0 Å². The van der Waals surface area contributed by atoms with Crippen molar-refractivity contribution in [3.05, 3.63) is 39.9 Å². The zero-order chi connectivity index (χ0) is 16.6. The van der Waals surface area contributed by atoms with Crippen molar-refractivity contribution in [1.29, 1.82) is 0 Å². The molecule has 6 heteroatoms. The molecule has 1 fully saturated rings. The van der Waals surface area contributed by atoms with E-state index in [-0.39, 0.29) is 11.6 Å². The minimum absolute atomic E-state index is 0.0439. The maximum Gasteiger partial charge on any atom is 0.261 e. The van der Waals surface area contributed by atoms with Gasteiger partial charge in [-0.15, -0.1) is 0 Å². The molecule has 2 atom stereocenters. The molecule has 2 aromatic rings. The minimum Gasteiger partial charge on any atom is -0.305 e. The summed E-state index contributed by atoms with van der Waals surface area (Å²) in [5.41, 5.74) is 1.57. The van der Waals surface area contributed by atoms with Crippen molar-refractivity contribution in [2.24, 2.45) is 0 Å². The van der Waals surface area contributed by atoms with E-state index in [0.717, 1.165) is 5.56 Å². The van der Waals surface area contributed by atoms with Crippen LogP contribution in [0.3, 0.4) is 0 Å². The fourth-order valence-corrected chi connectivity index (χ4v) is 3.34. The molecule has 0 saturated carbocycles. The van der Waals surface area contributed by atoms with Crippen LogP contribution in [-0.2, 0) is 9.59 Å². The first-order valence-electron chi connectivity index (χ1n) is 7.73. The van der Waals surface area contributed by atoms with Crippen molar-refractivity contribution in [2.75, 3.05) is 6.54 Å². The SMILES string of the molecule is Cc1cccc2nc(C)n(C3CCC(C(=O)C=O)NC3)c(=O)c12. The van der Waals surface area contributed by atoms with E-state index in [9.17, 15) is 14.4 Å². The first-order valence-corrected chi connectivity index (χ1v) is 7.73. The van der Waals surface area contributed by atoms with E-state index in [1.54, 1.807) is 4.57 Å². The molecule has 0 spiro atoms. The summed E-state index contributed by atoms with van der Waals surface area (Å²) < 4.78 is 1.71. The summed E-state index contributed by atoms with van der Waals surface area (Å²) in [5, 5.41) is 3.71. The predicted molar refractivity (Wildman–Crippen MR) is 86.6 cm³/mol. The van der Waals surface area contributed by atoms with E-state index in [4.69, 9.17) is 0 Å². The molecule has 2 unspecified atom stereocenters. The molecule has 120 valence electrons. The van der Waals surface area contributed by atoms with Gasteiger partial charge in [-0.25, -0.2) is 4.98 Å². The Hall–Kier alpha value is -2.34. The van der Waals surface area contributed by atoms with Gasteiger partial charge >= 0.3 is 0 Å². The molecular weight excluding hydrogens is 294 g/mol. The molecule has 1 N–H and O–H groups in total. The molecule has 1 aliphatic rings. The molecule has 0 amide bonds. The lowest BCUT2D eigenvalue weighted by Crippen LogP contribution is -2.47. The summed E-state index contributed by atoms with van der Waals surface area (Å²) in [7, 11) is 0. The van der Waals surface area contributed by atoms with Gasteiger partial charge in [0.2, 0.25) is 5.78 Å². The number of nitrogens with zero attached hydrogens (tertiary/aromatic N) is 2. The van der Waals surface area contributed by atoms with Gasteiger partial charge in [-0.05, 0) is 38.3 Å². The lowest BCUT2D eigenvalue weighted by Gasteiger charge is -2.30. The summed E-state index contributed by atoms with van der Waals surface area (Å²) in [6.07, 6.45) is 1.56. The standard InChI is InChI=1S/C17H19N3O3/c1-10-4-3-5-14-16(10)17(23)20(11(2)19-14)12-6-7-13(18-8-12)15(22)9-21/h3-5,9,12-13,18H,6-8H2,1-2H3. The summed E-state index contributed by atoms with van der Waals surface area (Å²) in [6.45, 7) is 4.21. The monoisotopic (exact) mass is 313 g/mol. The molecule has 1 aliphatic heterocycles. The Balaban J connectivity index is 1.98. The number of aldehydes is 1. The van der Waals surface area contributed by atoms with E-state index < -0.39 is 11.8 Å². The minimum atomic E-state index is -0.435. The maximum absolute atomic E-state index is 12.9. The molecule has 3 rings (SSSR count). The number of hydrogen-bond donors (Lipinski definition) is 1. The van der Waals surface area contributed by atoms with Gasteiger partial charge in [-0.3, -0.25) is 19.0 Å². The molecular formula is C17H19N3O3. The van der Waals surface area contributed by atoms with Crippen LogP contribution in [-0.4, -0.2) is 34.2 Å². The number of rotatable bonds is 3. The van der Waals surface area contributed by atoms with Gasteiger partial charge < -0.3 is 5.32 Å². The number of fused-ring (bicyclic) bond motifs is 1.